The van der Waals surface area contributed by atoms with Crippen molar-refractivity contribution in [2.24, 2.45) is 11.5 Å². The van der Waals surface area contributed by atoms with Gasteiger partial charge in [0.1, 0.15) is 12.1 Å². The Morgan fingerprint density at radius 3 is 2.10 bits per heavy atom. The van der Waals surface area contributed by atoms with Crippen molar-refractivity contribution < 1.29 is 39.3 Å². The molecule has 0 aromatic heterocycles. The van der Waals surface area contributed by atoms with Gasteiger partial charge in [0.2, 0.25) is 23.6 Å². The van der Waals surface area contributed by atoms with Crippen LogP contribution in [-0.2, 0) is 24.0 Å². The molecule has 6 atom stereocenters. The monoisotopic (exact) mass is 431 g/mol. The molecule has 0 bridgehead atoms. The molecule has 4 amide bonds. The maximum absolute atomic E-state index is 12.9. The fourth-order valence-electron chi connectivity index (χ4n) is 3.08. The van der Waals surface area contributed by atoms with E-state index in [2.05, 4.69) is 10.6 Å². The molecule has 0 aliphatic carbocycles. The summed E-state index contributed by atoms with van der Waals surface area (Å²) in [4.78, 5) is 60.8. The first-order valence-corrected chi connectivity index (χ1v) is 9.40. The number of hydrogen-bond acceptors (Lipinski definition) is 8. The molecule has 1 fully saturated rings. The number of carboxylic acids is 1. The first kappa shape index (κ1) is 25.3. The first-order valence-electron chi connectivity index (χ1n) is 9.40. The second-order valence-electron chi connectivity index (χ2n) is 7.26. The number of nitrogens with two attached hydrogens (primary N) is 2. The van der Waals surface area contributed by atoms with Gasteiger partial charge < -0.3 is 42.3 Å². The van der Waals surface area contributed by atoms with Crippen molar-refractivity contribution in [3.05, 3.63) is 0 Å². The Balaban J connectivity index is 2.93. The maximum Gasteiger partial charge on any atom is 0.328 e. The van der Waals surface area contributed by atoms with Crippen LogP contribution < -0.4 is 22.1 Å². The molecule has 1 rings (SSSR count). The van der Waals surface area contributed by atoms with Gasteiger partial charge in [-0.25, -0.2) is 4.79 Å². The number of aliphatic hydroxyl groups excluding tert-OH is 2. The number of nitrogens with one attached hydrogen (secondary N) is 2. The summed E-state index contributed by atoms with van der Waals surface area (Å²) >= 11 is 0. The minimum absolute atomic E-state index is 0.135. The molecule has 0 radical (unpaired) electrons. The molecule has 0 spiro atoms. The largest absolute Gasteiger partial charge is 0.480 e. The summed E-state index contributed by atoms with van der Waals surface area (Å²) in [6.07, 6.45) is -2.52. The standard InChI is InChI=1S/C17H29N5O8/c1-7(23)12(20-14(26)9(18)6-11(19)25)16(28)22-5-3-4-10(22)15(27)21-13(8(2)24)17(29)30/h7-10,12-13,23-24H,3-6,18H2,1-2H3,(H2,19,25)(H,20,26)(H,21,27)(H,29,30). The molecular formula is C17H29N5O8. The van der Waals surface area contributed by atoms with Crippen LogP contribution in [0.5, 0.6) is 0 Å². The van der Waals surface area contributed by atoms with Gasteiger partial charge in [-0.15, -0.1) is 0 Å². The van der Waals surface area contributed by atoms with Crippen LogP contribution in [0, 0.1) is 0 Å². The Hall–Kier alpha value is -2.77. The molecule has 30 heavy (non-hydrogen) atoms. The number of carbonyl (C=O) groups excluding carboxylic acids is 4. The van der Waals surface area contributed by atoms with Crippen LogP contribution in [-0.4, -0.2) is 92.7 Å². The van der Waals surface area contributed by atoms with E-state index in [0.29, 0.717) is 6.42 Å². The number of hydrogen-bond donors (Lipinski definition) is 7. The summed E-state index contributed by atoms with van der Waals surface area (Å²) < 4.78 is 0. The van der Waals surface area contributed by atoms with Crippen LogP contribution in [0.2, 0.25) is 0 Å². The molecule has 13 nitrogen and oxygen atoms in total. The molecule has 0 aromatic rings. The van der Waals surface area contributed by atoms with Gasteiger partial charge in [-0.05, 0) is 26.7 Å². The first-order chi connectivity index (χ1) is 13.9. The van der Waals surface area contributed by atoms with E-state index in [1.54, 1.807) is 0 Å². The number of rotatable bonds is 10. The van der Waals surface area contributed by atoms with Gasteiger partial charge in [0, 0.05) is 6.54 Å². The molecule has 9 N–H and O–H groups in total. The second kappa shape index (κ2) is 10.8. The van der Waals surface area contributed by atoms with Gasteiger partial charge in [0.25, 0.3) is 0 Å². The number of amides is 4. The molecular weight excluding hydrogens is 402 g/mol. The van der Waals surface area contributed by atoms with Crippen LogP contribution >= 0.6 is 0 Å². The Morgan fingerprint density at radius 1 is 1.07 bits per heavy atom. The molecule has 1 aliphatic heterocycles. The normalized spacial score (nSPS) is 21.1. The summed E-state index contributed by atoms with van der Waals surface area (Å²) in [6.45, 7) is 2.59. The highest BCUT2D eigenvalue weighted by atomic mass is 16.4. The minimum atomic E-state index is -1.56. The third-order valence-electron chi connectivity index (χ3n) is 4.69. The van der Waals surface area contributed by atoms with Crippen molar-refractivity contribution in [2.45, 2.75) is 69.5 Å². The van der Waals surface area contributed by atoms with Gasteiger partial charge >= 0.3 is 5.97 Å². The highest BCUT2D eigenvalue weighted by Gasteiger charge is 2.41. The molecule has 1 aliphatic rings. The summed E-state index contributed by atoms with van der Waals surface area (Å²) in [5, 5.41) is 33.0. The lowest BCUT2D eigenvalue weighted by molar-refractivity contribution is -0.147. The van der Waals surface area contributed by atoms with Crippen LogP contribution in [0.4, 0.5) is 0 Å². The number of carbonyl (C=O) groups is 5. The molecule has 0 aromatic carbocycles. The van der Waals surface area contributed by atoms with Crippen molar-refractivity contribution in [3.63, 3.8) is 0 Å². The topological polar surface area (TPSA) is 225 Å². The highest BCUT2D eigenvalue weighted by Crippen LogP contribution is 2.20. The average molecular weight is 431 g/mol. The maximum atomic E-state index is 12.9. The molecule has 6 unspecified atom stereocenters. The third kappa shape index (κ3) is 6.64. The number of aliphatic carboxylic acids is 1. The Bertz CT molecular complexity index is 683. The third-order valence-corrected chi connectivity index (χ3v) is 4.69. The average Bonchev–Trinajstić information content (AvgIpc) is 3.11. The number of nitrogens with zero attached hydrogens (tertiary/aromatic N) is 1. The van der Waals surface area contributed by atoms with Gasteiger partial charge in [0.15, 0.2) is 6.04 Å². The predicted molar refractivity (Wildman–Crippen MR) is 101 cm³/mol. The lowest BCUT2D eigenvalue weighted by Crippen LogP contribution is -2.60. The summed E-state index contributed by atoms with van der Waals surface area (Å²) in [6, 6.07) is -5.38. The van der Waals surface area contributed by atoms with Crippen LogP contribution in [0.3, 0.4) is 0 Å². The SMILES string of the molecule is CC(O)C(NC(=O)C1CCCN1C(=O)C(NC(=O)C(N)CC(N)=O)C(C)O)C(=O)O. The lowest BCUT2D eigenvalue weighted by Gasteiger charge is -2.31. The zero-order valence-electron chi connectivity index (χ0n) is 16.8. The second-order valence-corrected chi connectivity index (χ2v) is 7.26. The van der Waals surface area contributed by atoms with E-state index in [9.17, 15) is 34.2 Å². The number of primary amides is 1. The van der Waals surface area contributed by atoms with Gasteiger partial charge in [0.05, 0.1) is 24.7 Å². The molecule has 170 valence electrons. The van der Waals surface area contributed by atoms with Crippen molar-refractivity contribution in [3.8, 4) is 0 Å². The van der Waals surface area contributed by atoms with Crippen molar-refractivity contribution >= 4 is 29.6 Å². The fraction of sp³-hybridized carbons (Fsp3) is 0.706. The van der Waals surface area contributed by atoms with E-state index in [4.69, 9.17) is 16.6 Å². The van der Waals surface area contributed by atoms with Crippen molar-refractivity contribution in [2.75, 3.05) is 6.54 Å². The van der Waals surface area contributed by atoms with E-state index >= 15 is 0 Å². The molecule has 0 saturated carbocycles. The lowest BCUT2D eigenvalue weighted by atomic mass is 10.1. The molecule has 1 saturated heterocycles. The number of aliphatic hydroxyl groups is 2. The zero-order valence-corrected chi connectivity index (χ0v) is 16.8. The van der Waals surface area contributed by atoms with Crippen molar-refractivity contribution in [1.29, 1.82) is 0 Å². The van der Waals surface area contributed by atoms with Crippen LogP contribution in [0.15, 0.2) is 0 Å². The zero-order chi connectivity index (χ0) is 23.2. The van der Waals surface area contributed by atoms with E-state index in [0.717, 1.165) is 4.90 Å². The van der Waals surface area contributed by atoms with E-state index < -0.39 is 72.4 Å². The number of carboxylic acid groups (broad SMARTS) is 1. The van der Waals surface area contributed by atoms with E-state index in [1.165, 1.54) is 13.8 Å². The fourth-order valence-corrected chi connectivity index (χ4v) is 3.08. The predicted octanol–water partition coefficient (Wildman–Crippen LogP) is -4.00. The van der Waals surface area contributed by atoms with Crippen LogP contribution in [0.1, 0.15) is 33.1 Å². The number of likely N-dealkylation sites (tertiary alicyclic amines) is 1. The smallest absolute Gasteiger partial charge is 0.328 e. The van der Waals surface area contributed by atoms with Gasteiger partial charge in [-0.3, -0.25) is 19.2 Å². The Kier molecular flexibility index (Phi) is 9.14. The van der Waals surface area contributed by atoms with E-state index in [-0.39, 0.29) is 13.0 Å². The minimum Gasteiger partial charge on any atom is -0.480 e. The summed E-state index contributed by atoms with van der Waals surface area (Å²) in [7, 11) is 0. The molecule has 13 heteroatoms. The Morgan fingerprint density at radius 2 is 1.63 bits per heavy atom. The van der Waals surface area contributed by atoms with Gasteiger partial charge in [-0.1, -0.05) is 0 Å². The summed E-state index contributed by atoms with van der Waals surface area (Å²) in [5.74, 6) is -4.69. The quantitative estimate of drug-likeness (QED) is 0.178. The van der Waals surface area contributed by atoms with Crippen LogP contribution in [0.25, 0.3) is 0 Å². The van der Waals surface area contributed by atoms with Gasteiger partial charge in [-0.2, -0.15) is 0 Å². The van der Waals surface area contributed by atoms with E-state index in [1.807, 2.05) is 0 Å². The Labute approximate surface area is 172 Å². The summed E-state index contributed by atoms with van der Waals surface area (Å²) in [5.41, 5.74) is 10.5. The molecule has 1 heterocycles. The van der Waals surface area contributed by atoms with Crippen molar-refractivity contribution in [1.82, 2.24) is 15.5 Å². The highest BCUT2D eigenvalue weighted by molar-refractivity contribution is 5.95.